The summed E-state index contributed by atoms with van der Waals surface area (Å²) in [5, 5.41) is 11.3. The van der Waals surface area contributed by atoms with Crippen LogP contribution in [0.25, 0.3) is 0 Å². The molecular weight excluding hydrogens is 552 g/mol. The van der Waals surface area contributed by atoms with E-state index in [0.29, 0.717) is 11.1 Å². The van der Waals surface area contributed by atoms with Crippen LogP contribution in [-0.2, 0) is 23.8 Å². The molecule has 43 heavy (non-hydrogen) atoms. The summed E-state index contributed by atoms with van der Waals surface area (Å²) < 4.78 is 17.4. The number of methoxy groups -OCH3 is 2. The van der Waals surface area contributed by atoms with Crippen molar-refractivity contribution in [3.63, 3.8) is 0 Å². The number of carbonyl (C=O) groups is 3. The normalized spacial score (nSPS) is 16.3. The standard InChI is InChI=1S/C33H26N2O8/c1-41-32(38)33(42-2)27(28(36)22-18-20-26(21-19-22)35(39)40)30(31(37)34(33)25-16-10-5-11-17-25)43-29(23-12-6-3-7-13-23)24-14-8-4-9-15-24/h3-21,29H,1-2H3. The molecular formula is C33H26N2O8. The van der Waals surface area contributed by atoms with E-state index in [1.54, 1.807) is 30.3 Å². The molecule has 1 atom stereocenters. The molecule has 0 aliphatic carbocycles. The lowest BCUT2D eigenvalue weighted by Crippen LogP contribution is -2.57. The number of ketones is 1. The van der Waals surface area contributed by atoms with Gasteiger partial charge in [0.25, 0.3) is 17.3 Å². The Hall–Kier alpha value is -5.61. The number of nitro benzene ring substituents is 1. The number of non-ortho nitro benzene ring substituents is 1. The van der Waals surface area contributed by atoms with Crippen LogP contribution < -0.4 is 4.90 Å². The summed E-state index contributed by atoms with van der Waals surface area (Å²) in [5.74, 6) is -3.12. The molecule has 4 aromatic rings. The van der Waals surface area contributed by atoms with Gasteiger partial charge < -0.3 is 14.2 Å². The zero-order valence-corrected chi connectivity index (χ0v) is 23.2. The van der Waals surface area contributed by atoms with E-state index in [0.717, 1.165) is 24.1 Å². The fraction of sp³-hybridized carbons (Fsp3) is 0.121. The highest BCUT2D eigenvalue weighted by molar-refractivity contribution is 6.26. The van der Waals surface area contributed by atoms with Crippen molar-refractivity contribution in [3.05, 3.63) is 153 Å². The molecule has 0 spiro atoms. The zero-order chi connectivity index (χ0) is 30.6. The Morgan fingerprint density at radius 2 is 1.30 bits per heavy atom. The minimum atomic E-state index is -2.39. The van der Waals surface area contributed by atoms with Crippen LogP contribution in [0.3, 0.4) is 0 Å². The van der Waals surface area contributed by atoms with Crippen LogP contribution >= 0.6 is 0 Å². The molecule has 1 heterocycles. The number of benzene rings is 4. The summed E-state index contributed by atoms with van der Waals surface area (Å²) >= 11 is 0. The molecule has 10 nitrogen and oxygen atoms in total. The van der Waals surface area contributed by atoms with Crippen LogP contribution in [0.1, 0.15) is 27.6 Å². The molecule has 0 bridgehead atoms. The van der Waals surface area contributed by atoms with Gasteiger partial charge in [-0.2, -0.15) is 0 Å². The van der Waals surface area contributed by atoms with E-state index in [1.165, 1.54) is 19.2 Å². The average molecular weight is 579 g/mol. The number of hydrogen-bond acceptors (Lipinski definition) is 8. The molecule has 1 amide bonds. The summed E-state index contributed by atoms with van der Waals surface area (Å²) in [6.07, 6.45) is -0.871. The van der Waals surface area contributed by atoms with Crippen LogP contribution in [0.4, 0.5) is 11.4 Å². The van der Waals surface area contributed by atoms with Gasteiger partial charge in [0.15, 0.2) is 11.5 Å². The number of para-hydroxylation sites is 1. The Labute approximate surface area is 246 Å². The van der Waals surface area contributed by atoms with Gasteiger partial charge in [-0.25, -0.2) is 4.79 Å². The topological polar surface area (TPSA) is 125 Å². The maximum atomic E-state index is 14.4. The van der Waals surface area contributed by atoms with Gasteiger partial charge in [-0.05, 0) is 35.4 Å². The second-order valence-electron chi connectivity index (χ2n) is 9.47. The second-order valence-corrected chi connectivity index (χ2v) is 9.47. The number of nitrogens with zero attached hydrogens (tertiary/aromatic N) is 2. The maximum Gasteiger partial charge on any atom is 0.365 e. The Balaban J connectivity index is 1.78. The maximum absolute atomic E-state index is 14.4. The number of Topliss-reactive ketones (excluding diaryl/α,β-unsaturated/α-hetero) is 1. The van der Waals surface area contributed by atoms with Crippen molar-refractivity contribution in [1.82, 2.24) is 0 Å². The summed E-state index contributed by atoms with van der Waals surface area (Å²) in [7, 11) is 2.29. The van der Waals surface area contributed by atoms with Crippen molar-refractivity contribution in [2.24, 2.45) is 0 Å². The van der Waals surface area contributed by atoms with E-state index in [4.69, 9.17) is 14.2 Å². The third-order valence-corrected chi connectivity index (χ3v) is 7.06. The monoisotopic (exact) mass is 578 g/mol. The van der Waals surface area contributed by atoms with Crippen LogP contribution in [-0.4, -0.2) is 42.5 Å². The number of ether oxygens (including phenoxy) is 3. The summed E-state index contributed by atoms with van der Waals surface area (Å²) in [6.45, 7) is 0. The highest BCUT2D eigenvalue weighted by atomic mass is 16.6. The zero-order valence-electron chi connectivity index (χ0n) is 23.2. The number of amides is 1. The van der Waals surface area contributed by atoms with Gasteiger partial charge in [0.1, 0.15) is 11.7 Å². The van der Waals surface area contributed by atoms with Crippen molar-refractivity contribution in [1.29, 1.82) is 0 Å². The molecule has 5 rings (SSSR count). The summed E-state index contributed by atoms with van der Waals surface area (Å²) in [5.41, 5.74) is -1.50. The summed E-state index contributed by atoms with van der Waals surface area (Å²) in [4.78, 5) is 54.1. The van der Waals surface area contributed by atoms with Gasteiger partial charge in [0.2, 0.25) is 0 Å². The third kappa shape index (κ3) is 5.15. The lowest BCUT2D eigenvalue weighted by atomic mass is 9.93. The largest absolute Gasteiger partial charge is 0.475 e. The molecule has 1 unspecified atom stereocenters. The molecule has 1 aliphatic heterocycles. The second kappa shape index (κ2) is 12.1. The lowest BCUT2D eigenvalue weighted by molar-refractivity contribution is -0.384. The summed E-state index contributed by atoms with van der Waals surface area (Å²) in [6, 6.07) is 31.2. The van der Waals surface area contributed by atoms with E-state index in [2.05, 4.69) is 0 Å². The van der Waals surface area contributed by atoms with Crippen LogP contribution in [0.2, 0.25) is 0 Å². The van der Waals surface area contributed by atoms with E-state index in [9.17, 15) is 24.5 Å². The van der Waals surface area contributed by atoms with Crippen molar-refractivity contribution in [3.8, 4) is 0 Å². The number of carbonyl (C=O) groups excluding carboxylic acids is 3. The SMILES string of the molecule is COC(=O)C1(OC)C(C(=O)c2ccc([N+](=O)[O-])cc2)=C(OC(c2ccccc2)c2ccccc2)C(=O)N1c1ccccc1. The number of hydrogen-bond donors (Lipinski definition) is 0. The minimum Gasteiger partial charge on any atom is -0.475 e. The highest BCUT2D eigenvalue weighted by Gasteiger charge is 2.63. The minimum absolute atomic E-state index is 0.0364. The van der Waals surface area contributed by atoms with Gasteiger partial charge in [-0.3, -0.25) is 24.6 Å². The molecule has 4 aromatic carbocycles. The number of nitro groups is 1. The third-order valence-electron chi connectivity index (χ3n) is 7.06. The Kier molecular flexibility index (Phi) is 8.13. The van der Waals surface area contributed by atoms with Gasteiger partial charge in [-0.1, -0.05) is 78.9 Å². The lowest BCUT2D eigenvalue weighted by Gasteiger charge is -2.35. The molecule has 0 aromatic heterocycles. The van der Waals surface area contributed by atoms with E-state index in [-0.39, 0.29) is 16.9 Å². The molecule has 1 aliphatic rings. The number of esters is 1. The smallest absolute Gasteiger partial charge is 0.365 e. The predicted octanol–water partition coefficient (Wildman–Crippen LogP) is 5.40. The highest BCUT2D eigenvalue weighted by Crippen LogP contribution is 2.45. The van der Waals surface area contributed by atoms with Crippen molar-refractivity contribution >= 4 is 29.0 Å². The predicted molar refractivity (Wildman–Crippen MR) is 156 cm³/mol. The molecule has 0 fully saturated rings. The fourth-order valence-corrected chi connectivity index (χ4v) is 5.05. The van der Waals surface area contributed by atoms with E-state index in [1.807, 2.05) is 60.7 Å². The van der Waals surface area contributed by atoms with Crippen LogP contribution in [0, 0.1) is 10.1 Å². The van der Waals surface area contributed by atoms with Gasteiger partial charge in [0.05, 0.1) is 12.0 Å². The van der Waals surface area contributed by atoms with Crippen LogP contribution in [0.15, 0.2) is 127 Å². The Morgan fingerprint density at radius 3 is 1.77 bits per heavy atom. The van der Waals surface area contributed by atoms with Gasteiger partial charge >= 0.3 is 5.97 Å². The van der Waals surface area contributed by atoms with Crippen molar-refractivity contribution < 1.29 is 33.5 Å². The molecule has 0 saturated carbocycles. The Bertz CT molecular complexity index is 1650. The van der Waals surface area contributed by atoms with Crippen molar-refractivity contribution in [2.75, 3.05) is 19.1 Å². The van der Waals surface area contributed by atoms with Gasteiger partial charge in [0, 0.05) is 30.5 Å². The first kappa shape index (κ1) is 28.9. The molecule has 0 N–H and O–H groups in total. The van der Waals surface area contributed by atoms with E-state index < -0.39 is 45.7 Å². The number of anilines is 1. The van der Waals surface area contributed by atoms with Gasteiger partial charge in [-0.15, -0.1) is 0 Å². The Morgan fingerprint density at radius 1 is 0.791 bits per heavy atom. The fourth-order valence-electron chi connectivity index (χ4n) is 5.05. The number of rotatable bonds is 10. The molecule has 216 valence electrons. The quantitative estimate of drug-likeness (QED) is 0.106. The van der Waals surface area contributed by atoms with E-state index >= 15 is 0 Å². The first-order chi connectivity index (χ1) is 20.8. The first-order valence-electron chi connectivity index (χ1n) is 13.2. The average Bonchev–Trinajstić information content (AvgIpc) is 3.31. The first-order valence-corrected chi connectivity index (χ1v) is 13.2. The van der Waals surface area contributed by atoms with Crippen LogP contribution in [0.5, 0.6) is 0 Å². The molecule has 10 heteroatoms. The molecule has 0 saturated heterocycles. The molecule has 0 radical (unpaired) electrons. The van der Waals surface area contributed by atoms with Crippen molar-refractivity contribution in [2.45, 2.75) is 11.8 Å².